The van der Waals surface area contributed by atoms with Crippen LogP contribution in [0.2, 0.25) is 0 Å². The Labute approximate surface area is 105 Å². The Bertz CT molecular complexity index is 402. The molecule has 1 aromatic rings. The SMILES string of the molecule is CCC(C)(C)NC(=O)c1cc(Br)ccc1N. The van der Waals surface area contributed by atoms with Crippen molar-refractivity contribution in [1.82, 2.24) is 5.32 Å². The summed E-state index contributed by atoms with van der Waals surface area (Å²) >= 11 is 3.33. The van der Waals surface area contributed by atoms with Crippen molar-refractivity contribution in [3.8, 4) is 0 Å². The smallest absolute Gasteiger partial charge is 0.253 e. The number of anilines is 1. The Morgan fingerprint density at radius 1 is 1.50 bits per heavy atom. The molecular formula is C12H17BrN2O. The van der Waals surface area contributed by atoms with E-state index in [4.69, 9.17) is 5.73 Å². The largest absolute Gasteiger partial charge is 0.398 e. The van der Waals surface area contributed by atoms with Crippen LogP contribution in [0.1, 0.15) is 37.6 Å². The van der Waals surface area contributed by atoms with Gasteiger partial charge in [-0.25, -0.2) is 0 Å². The number of carbonyl (C=O) groups is 1. The highest BCUT2D eigenvalue weighted by atomic mass is 79.9. The minimum absolute atomic E-state index is 0.134. The second-order valence-corrected chi connectivity index (χ2v) is 5.34. The number of rotatable bonds is 3. The third-order valence-electron chi connectivity index (χ3n) is 2.60. The van der Waals surface area contributed by atoms with Gasteiger partial charge in [0.2, 0.25) is 0 Å². The van der Waals surface area contributed by atoms with Gasteiger partial charge < -0.3 is 11.1 Å². The molecule has 4 heteroatoms. The fourth-order valence-electron chi connectivity index (χ4n) is 1.19. The highest BCUT2D eigenvalue weighted by Gasteiger charge is 2.20. The van der Waals surface area contributed by atoms with Gasteiger partial charge in [0.05, 0.1) is 5.56 Å². The first kappa shape index (κ1) is 13.0. The van der Waals surface area contributed by atoms with Crippen molar-refractivity contribution in [1.29, 1.82) is 0 Å². The number of nitrogens with one attached hydrogen (secondary N) is 1. The molecular weight excluding hydrogens is 268 g/mol. The lowest BCUT2D eigenvalue weighted by Crippen LogP contribution is -2.43. The Balaban J connectivity index is 2.93. The van der Waals surface area contributed by atoms with Gasteiger partial charge in [0.1, 0.15) is 0 Å². The molecule has 0 aromatic heterocycles. The number of carbonyl (C=O) groups excluding carboxylic acids is 1. The molecule has 0 fully saturated rings. The first-order chi connectivity index (χ1) is 7.35. The molecule has 0 aliphatic rings. The molecule has 88 valence electrons. The van der Waals surface area contributed by atoms with Gasteiger partial charge in [-0.2, -0.15) is 0 Å². The zero-order chi connectivity index (χ0) is 12.3. The van der Waals surface area contributed by atoms with Crippen LogP contribution in [0, 0.1) is 0 Å². The molecule has 1 amide bonds. The minimum Gasteiger partial charge on any atom is -0.398 e. The van der Waals surface area contributed by atoms with Crippen molar-refractivity contribution >= 4 is 27.5 Å². The van der Waals surface area contributed by atoms with Crippen LogP contribution in [0.25, 0.3) is 0 Å². The van der Waals surface area contributed by atoms with Crippen LogP contribution in [0.5, 0.6) is 0 Å². The van der Waals surface area contributed by atoms with E-state index in [-0.39, 0.29) is 11.4 Å². The van der Waals surface area contributed by atoms with Gasteiger partial charge in [0, 0.05) is 15.7 Å². The van der Waals surface area contributed by atoms with E-state index in [1.54, 1.807) is 12.1 Å². The fraction of sp³-hybridized carbons (Fsp3) is 0.417. The van der Waals surface area contributed by atoms with Gasteiger partial charge in [-0.3, -0.25) is 4.79 Å². The van der Waals surface area contributed by atoms with Gasteiger partial charge in [-0.1, -0.05) is 22.9 Å². The number of hydrogen-bond acceptors (Lipinski definition) is 2. The van der Waals surface area contributed by atoms with Gasteiger partial charge in [-0.05, 0) is 38.5 Å². The van der Waals surface area contributed by atoms with Gasteiger partial charge in [0.15, 0.2) is 0 Å². The molecule has 0 saturated carbocycles. The molecule has 0 radical (unpaired) electrons. The molecule has 0 heterocycles. The van der Waals surface area contributed by atoms with E-state index in [1.165, 1.54) is 0 Å². The topological polar surface area (TPSA) is 55.1 Å². The Kier molecular flexibility index (Phi) is 3.97. The third-order valence-corrected chi connectivity index (χ3v) is 3.09. The van der Waals surface area contributed by atoms with Crippen LogP contribution >= 0.6 is 15.9 Å². The van der Waals surface area contributed by atoms with E-state index in [2.05, 4.69) is 21.2 Å². The number of halogens is 1. The van der Waals surface area contributed by atoms with E-state index in [0.717, 1.165) is 10.9 Å². The molecule has 16 heavy (non-hydrogen) atoms. The van der Waals surface area contributed by atoms with Crippen LogP contribution in [0.3, 0.4) is 0 Å². The van der Waals surface area contributed by atoms with Gasteiger partial charge >= 0.3 is 0 Å². The average molecular weight is 285 g/mol. The third kappa shape index (κ3) is 3.23. The summed E-state index contributed by atoms with van der Waals surface area (Å²) in [6.45, 7) is 6.00. The van der Waals surface area contributed by atoms with E-state index in [1.807, 2.05) is 26.8 Å². The number of amides is 1. The summed E-state index contributed by atoms with van der Waals surface area (Å²) in [7, 11) is 0. The lowest BCUT2D eigenvalue weighted by atomic mass is 10.0. The van der Waals surface area contributed by atoms with Crippen LogP contribution in [-0.2, 0) is 0 Å². The maximum atomic E-state index is 12.0. The fourth-order valence-corrected chi connectivity index (χ4v) is 1.55. The second kappa shape index (κ2) is 4.87. The Morgan fingerprint density at radius 2 is 2.12 bits per heavy atom. The summed E-state index contributed by atoms with van der Waals surface area (Å²) in [5.41, 5.74) is 6.56. The lowest BCUT2D eigenvalue weighted by Gasteiger charge is -2.24. The summed E-state index contributed by atoms with van der Waals surface area (Å²) in [5, 5.41) is 2.95. The minimum atomic E-state index is -0.216. The van der Waals surface area contributed by atoms with E-state index in [9.17, 15) is 4.79 Å². The number of nitrogens with two attached hydrogens (primary N) is 1. The van der Waals surface area contributed by atoms with Crippen LogP contribution in [-0.4, -0.2) is 11.4 Å². The Hall–Kier alpha value is -1.03. The monoisotopic (exact) mass is 284 g/mol. The van der Waals surface area contributed by atoms with Gasteiger partial charge in [0.25, 0.3) is 5.91 Å². The molecule has 3 nitrogen and oxygen atoms in total. The number of nitrogen functional groups attached to an aromatic ring is 1. The van der Waals surface area contributed by atoms with Crippen molar-refractivity contribution < 1.29 is 4.79 Å². The summed E-state index contributed by atoms with van der Waals surface area (Å²) < 4.78 is 0.848. The Morgan fingerprint density at radius 3 is 2.69 bits per heavy atom. The average Bonchev–Trinajstić information content (AvgIpc) is 2.21. The molecule has 0 atom stereocenters. The highest BCUT2D eigenvalue weighted by molar-refractivity contribution is 9.10. The van der Waals surface area contributed by atoms with Crippen molar-refractivity contribution in [2.45, 2.75) is 32.7 Å². The second-order valence-electron chi connectivity index (χ2n) is 4.42. The normalized spacial score (nSPS) is 11.2. The predicted octanol–water partition coefficient (Wildman–Crippen LogP) is 2.95. The molecule has 1 rings (SSSR count). The highest BCUT2D eigenvalue weighted by Crippen LogP contribution is 2.19. The summed E-state index contributed by atoms with van der Waals surface area (Å²) in [4.78, 5) is 12.0. The molecule has 3 N–H and O–H groups in total. The number of hydrogen-bond donors (Lipinski definition) is 2. The standard InChI is InChI=1S/C12H17BrN2O/c1-4-12(2,3)15-11(16)9-7-8(13)5-6-10(9)14/h5-7H,4,14H2,1-3H3,(H,15,16). The molecule has 1 aromatic carbocycles. The quantitative estimate of drug-likeness (QED) is 0.839. The lowest BCUT2D eigenvalue weighted by molar-refractivity contribution is 0.0912. The maximum Gasteiger partial charge on any atom is 0.253 e. The van der Waals surface area contributed by atoms with E-state index < -0.39 is 0 Å². The summed E-state index contributed by atoms with van der Waals surface area (Å²) in [6.07, 6.45) is 0.868. The van der Waals surface area contributed by atoms with E-state index >= 15 is 0 Å². The molecule has 0 aliphatic heterocycles. The molecule has 0 bridgehead atoms. The number of benzene rings is 1. The van der Waals surface area contributed by atoms with Crippen LogP contribution in [0.4, 0.5) is 5.69 Å². The van der Waals surface area contributed by atoms with Gasteiger partial charge in [-0.15, -0.1) is 0 Å². The molecule has 0 unspecified atom stereocenters. The van der Waals surface area contributed by atoms with Crippen molar-refractivity contribution in [3.63, 3.8) is 0 Å². The zero-order valence-electron chi connectivity index (χ0n) is 9.80. The van der Waals surface area contributed by atoms with Crippen molar-refractivity contribution in [2.24, 2.45) is 0 Å². The first-order valence-electron chi connectivity index (χ1n) is 5.23. The van der Waals surface area contributed by atoms with Crippen molar-refractivity contribution in [2.75, 3.05) is 5.73 Å². The predicted molar refractivity (Wildman–Crippen MR) is 70.4 cm³/mol. The molecule has 0 spiro atoms. The van der Waals surface area contributed by atoms with Crippen LogP contribution < -0.4 is 11.1 Å². The maximum absolute atomic E-state index is 12.0. The first-order valence-corrected chi connectivity index (χ1v) is 6.02. The molecule has 0 aliphatic carbocycles. The summed E-state index contributed by atoms with van der Waals surface area (Å²) in [6, 6.07) is 5.27. The molecule has 0 saturated heterocycles. The van der Waals surface area contributed by atoms with E-state index in [0.29, 0.717) is 11.3 Å². The van der Waals surface area contributed by atoms with Crippen LogP contribution in [0.15, 0.2) is 22.7 Å². The van der Waals surface area contributed by atoms with Crippen molar-refractivity contribution in [3.05, 3.63) is 28.2 Å². The zero-order valence-corrected chi connectivity index (χ0v) is 11.4. The summed E-state index contributed by atoms with van der Waals surface area (Å²) in [5.74, 6) is -0.134.